The summed E-state index contributed by atoms with van der Waals surface area (Å²) in [5, 5.41) is 0. The molecule has 0 aliphatic rings. The van der Waals surface area contributed by atoms with E-state index in [4.69, 9.17) is 0 Å². The first-order valence-corrected chi connectivity index (χ1v) is 3.93. The maximum absolute atomic E-state index is 3.01. The van der Waals surface area contributed by atoms with E-state index in [2.05, 4.69) is 18.8 Å². The van der Waals surface area contributed by atoms with Crippen LogP contribution in [-0.2, 0) is 0 Å². The largest absolute Gasteiger partial charge is 0.110 e. The molecule has 1 heteroatoms. The van der Waals surface area contributed by atoms with E-state index in [1.807, 2.05) is 6.92 Å². The SMILES string of the molecule is CC#CCPCC. The van der Waals surface area contributed by atoms with E-state index in [1.54, 1.807) is 0 Å². The predicted octanol–water partition coefficient (Wildman–Crippen LogP) is 1.71. The van der Waals surface area contributed by atoms with E-state index in [0.29, 0.717) is 0 Å². The fraction of sp³-hybridized carbons (Fsp3) is 0.667. The van der Waals surface area contributed by atoms with Crippen molar-refractivity contribution in [2.75, 3.05) is 12.3 Å². The van der Waals surface area contributed by atoms with Gasteiger partial charge in [0.2, 0.25) is 0 Å². The molecule has 1 unspecified atom stereocenters. The lowest BCUT2D eigenvalue weighted by molar-refractivity contribution is 1.51. The third-order valence-corrected chi connectivity index (χ3v) is 1.57. The fourth-order valence-electron chi connectivity index (χ4n) is 0.276. The summed E-state index contributed by atoms with van der Waals surface area (Å²) in [6.07, 6.45) is 2.39. The van der Waals surface area contributed by atoms with Gasteiger partial charge in [0, 0.05) is 6.16 Å². The second kappa shape index (κ2) is 5.99. The molecule has 0 aromatic heterocycles. The van der Waals surface area contributed by atoms with Gasteiger partial charge < -0.3 is 0 Å². The number of hydrogen-bond acceptors (Lipinski definition) is 0. The third-order valence-electron chi connectivity index (χ3n) is 0.640. The van der Waals surface area contributed by atoms with E-state index < -0.39 is 0 Å². The molecule has 0 aliphatic heterocycles. The molecule has 0 aromatic rings. The Bertz CT molecular complexity index is 75.9. The van der Waals surface area contributed by atoms with Gasteiger partial charge in [-0.3, -0.25) is 0 Å². The van der Waals surface area contributed by atoms with Crippen LogP contribution in [0.15, 0.2) is 0 Å². The Morgan fingerprint density at radius 1 is 1.57 bits per heavy atom. The van der Waals surface area contributed by atoms with Crippen LogP contribution in [0.5, 0.6) is 0 Å². The molecule has 0 rings (SSSR count). The Balaban J connectivity index is 2.78. The van der Waals surface area contributed by atoms with E-state index in [-0.39, 0.29) is 0 Å². The maximum Gasteiger partial charge on any atom is 0.0262 e. The van der Waals surface area contributed by atoms with Crippen LogP contribution in [0.2, 0.25) is 0 Å². The third kappa shape index (κ3) is 5.99. The second-order valence-corrected chi connectivity index (χ2v) is 2.77. The summed E-state index contributed by atoms with van der Waals surface area (Å²) < 4.78 is 0. The van der Waals surface area contributed by atoms with Crippen molar-refractivity contribution >= 4 is 8.58 Å². The van der Waals surface area contributed by atoms with E-state index in [1.165, 1.54) is 6.16 Å². The van der Waals surface area contributed by atoms with Crippen LogP contribution in [0.3, 0.4) is 0 Å². The summed E-state index contributed by atoms with van der Waals surface area (Å²) in [5.74, 6) is 5.87. The first-order valence-electron chi connectivity index (χ1n) is 2.52. The topological polar surface area (TPSA) is 0 Å². The zero-order chi connectivity index (χ0) is 5.54. The zero-order valence-corrected chi connectivity index (χ0v) is 5.91. The van der Waals surface area contributed by atoms with Crippen LogP contribution in [0, 0.1) is 11.8 Å². The molecule has 0 saturated heterocycles. The van der Waals surface area contributed by atoms with Crippen LogP contribution in [0.25, 0.3) is 0 Å². The van der Waals surface area contributed by atoms with Gasteiger partial charge in [0.15, 0.2) is 0 Å². The maximum atomic E-state index is 3.01. The van der Waals surface area contributed by atoms with Gasteiger partial charge >= 0.3 is 0 Å². The van der Waals surface area contributed by atoms with Crippen LogP contribution in [0.1, 0.15) is 13.8 Å². The van der Waals surface area contributed by atoms with Crippen molar-refractivity contribution in [2.45, 2.75) is 13.8 Å². The van der Waals surface area contributed by atoms with Crippen molar-refractivity contribution in [3.05, 3.63) is 0 Å². The van der Waals surface area contributed by atoms with Crippen molar-refractivity contribution in [3.63, 3.8) is 0 Å². The Morgan fingerprint density at radius 3 is 2.71 bits per heavy atom. The molecule has 0 bridgehead atoms. The van der Waals surface area contributed by atoms with E-state index in [0.717, 1.165) is 14.7 Å². The molecule has 0 radical (unpaired) electrons. The normalized spacial score (nSPS) is 8.86. The smallest absolute Gasteiger partial charge is 0.0262 e. The highest BCUT2D eigenvalue weighted by Crippen LogP contribution is 2.04. The molecular formula is C6H11P. The first kappa shape index (κ1) is 6.99. The van der Waals surface area contributed by atoms with Crippen molar-refractivity contribution in [3.8, 4) is 11.8 Å². The Labute approximate surface area is 47.5 Å². The summed E-state index contributed by atoms with van der Waals surface area (Å²) in [6, 6.07) is 0. The Hall–Kier alpha value is -0.0100. The zero-order valence-electron chi connectivity index (χ0n) is 4.91. The predicted molar refractivity (Wildman–Crippen MR) is 37.2 cm³/mol. The molecule has 0 spiro atoms. The Kier molecular flexibility index (Phi) is 5.98. The molecule has 7 heavy (non-hydrogen) atoms. The molecule has 0 N–H and O–H groups in total. The van der Waals surface area contributed by atoms with Crippen molar-refractivity contribution < 1.29 is 0 Å². The number of rotatable bonds is 2. The minimum atomic E-state index is 1.05. The van der Waals surface area contributed by atoms with Gasteiger partial charge in [-0.05, 0) is 13.1 Å². The number of hydrogen-bond donors (Lipinski definition) is 0. The lowest BCUT2D eigenvalue weighted by Gasteiger charge is -1.81. The summed E-state index contributed by atoms with van der Waals surface area (Å²) in [6.45, 7) is 4.08. The minimum absolute atomic E-state index is 1.05. The van der Waals surface area contributed by atoms with Crippen LogP contribution in [0.4, 0.5) is 0 Å². The lowest BCUT2D eigenvalue weighted by atomic mass is 10.7. The molecule has 0 aliphatic carbocycles. The monoisotopic (exact) mass is 114 g/mol. The van der Waals surface area contributed by atoms with Gasteiger partial charge in [-0.15, -0.1) is 14.5 Å². The van der Waals surface area contributed by atoms with Gasteiger partial charge in [0.05, 0.1) is 0 Å². The van der Waals surface area contributed by atoms with Gasteiger partial charge in [0.25, 0.3) is 0 Å². The first-order chi connectivity index (χ1) is 3.41. The average molecular weight is 114 g/mol. The van der Waals surface area contributed by atoms with Crippen molar-refractivity contribution in [1.82, 2.24) is 0 Å². The van der Waals surface area contributed by atoms with Crippen LogP contribution >= 0.6 is 8.58 Å². The van der Waals surface area contributed by atoms with Gasteiger partial charge in [-0.25, -0.2) is 0 Å². The van der Waals surface area contributed by atoms with Crippen molar-refractivity contribution in [1.29, 1.82) is 0 Å². The van der Waals surface area contributed by atoms with Crippen molar-refractivity contribution in [2.24, 2.45) is 0 Å². The lowest BCUT2D eigenvalue weighted by Crippen LogP contribution is -1.65. The molecule has 0 heterocycles. The average Bonchev–Trinajstić information content (AvgIpc) is 1.69. The highest BCUT2D eigenvalue weighted by Gasteiger charge is 1.71. The molecule has 1 atom stereocenters. The summed E-state index contributed by atoms with van der Waals surface area (Å²) in [7, 11) is 1.05. The molecule has 0 saturated carbocycles. The molecule has 40 valence electrons. The molecule has 0 aromatic carbocycles. The summed E-state index contributed by atoms with van der Waals surface area (Å²) >= 11 is 0. The molecule has 0 nitrogen and oxygen atoms in total. The fourth-order valence-corrected chi connectivity index (χ4v) is 0.828. The highest BCUT2D eigenvalue weighted by molar-refractivity contribution is 7.38. The summed E-state index contributed by atoms with van der Waals surface area (Å²) in [4.78, 5) is 0. The quantitative estimate of drug-likeness (QED) is 0.291. The molecule has 0 amide bonds. The molecule has 0 fully saturated rings. The summed E-state index contributed by atoms with van der Waals surface area (Å²) in [5.41, 5.74) is 0. The van der Waals surface area contributed by atoms with E-state index >= 15 is 0 Å². The van der Waals surface area contributed by atoms with E-state index in [9.17, 15) is 0 Å². The molecular weight excluding hydrogens is 103 g/mol. The van der Waals surface area contributed by atoms with Gasteiger partial charge in [-0.2, -0.15) is 0 Å². The van der Waals surface area contributed by atoms with Gasteiger partial charge in [0.1, 0.15) is 0 Å². The van der Waals surface area contributed by atoms with Crippen LogP contribution in [-0.4, -0.2) is 12.3 Å². The van der Waals surface area contributed by atoms with Gasteiger partial charge in [-0.1, -0.05) is 12.8 Å². The van der Waals surface area contributed by atoms with Crippen LogP contribution < -0.4 is 0 Å². The second-order valence-electron chi connectivity index (χ2n) is 1.21. The Morgan fingerprint density at radius 2 is 2.29 bits per heavy atom. The standard InChI is InChI=1S/C6H11P/c1-3-5-6-7-4-2/h7H,4,6H2,1-2H3. The minimum Gasteiger partial charge on any atom is -0.110 e. The highest BCUT2D eigenvalue weighted by atomic mass is 31.1.